The van der Waals surface area contributed by atoms with Crippen LogP contribution in [0.2, 0.25) is 0 Å². The van der Waals surface area contributed by atoms with Crippen LogP contribution in [0.3, 0.4) is 0 Å². The molecule has 0 heterocycles. The fraction of sp³-hybridized carbons (Fsp3) is 0.638. The molecule has 0 rings (SSSR count). The molecule has 0 spiro atoms. The summed E-state index contributed by atoms with van der Waals surface area (Å²) in [5, 5.41) is 11.9. The zero-order chi connectivity index (χ0) is 39.6. The lowest BCUT2D eigenvalue weighted by Crippen LogP contribution is -2.40. The number of aliphatic carboxylic acids is 1. The van der Waals surface area contributed by atoms with Crippen LogP contribution in [0.25, 0.3) is 0 Å². The summed E-state index contributed by atoms with van der Waals surface area (Å²) in [5.41, 5.74) is 5.48. The molecule has 0 radical (unpaired) electrons. The second-order valence-electron chi connectivity index (χ2n) is 14.0. The number of nitrogens with two attached hydrogens (primary N) is 1. The van der Waals surface area contributed by atoms with Crippen molar-refractivity contribution < 1.29 is 24.2 Å². The summed E-state index contributed by atoms with van der Waals surface area (Å²) in [7, 11) is 0. The number of ether oxygens (including phenoxy) is 1. The van der Waals surface area contributed by atoms with Gasteiger partial charge in [0.1, 0.15) is 12.1 Å². The highest BCUT2D eigenvalue weighted by Crippen LogP contribution is 2.18. The van der Waals surface area contributed by atoms with Crippen molar-refractivity contribution in [3.63, 3.8) is 0 Å². The topological polar surface area (TPSA) is 119 Å². The third-order valence-corrected chi connectivity index (χ3v) is 8.96. The quantitative estimate of drug-likeness (QED) is 0.0330. The minimum atomic E-state index is -1.01. The number of esters is 1. The van der Waals surface area contributed by atoms with Crippen molar-refractivity contribution >= 4 is 17.8 Å². The van der Waals surface area contributed by atoms with Gasteiger partial charge in [-0.3, -0.25) is 9.59 Å². The number of hydrogen-bond acceptors (Lipinski definition) is 5. The van der Waals surface area contributed by atoms with Crippen molar-refractivity contribution in [2.45, 2.75) is 187 Å². The van der Waals surface area contributed by atoms with E-state index in [0.29, 0.717) is 32.2 Å². The van der Waals surface area contributed by atoms with E-state index in [-0.39, 0.29) is 18.0 Å². The van der Waals surface area contributed by atoms with Crippen molar-refractivity contribution in [1.29, 1.82) is 0 Å². The predicted molar refractivity (Wildman–Crippen MR) is 229 cm³/mol. The van der Waals surface area contributed by atoms with E-state index in [1.807, 2.05) is 0 Å². The van der Waals surface area contributed by atoms with Crippen LogP contribution in [0.15, 0.2) is 85.1 Å². The normalized spacial score (nSPS) is 13.5. The van der Waals surface area contributed by atoms with Crippen molar-refractivity contribution in [1.82, 2.24) is 5.32 Å². The average molecular weight is 751 g/mol. The molecule has 54 heavy (non-hydrogen) atoms. The molecule has 0 saturated heterocycles. The fourth-order valence-electron chi connectivity index (χ4n) is 5.81. The number of amides is 1. The SMILES string of the molecule is CC/C=C\C/C=C\C/C=C\C/C=C\CCCCC(CCCCCCCC(=O)NC(CCCN)C(=O)O)OC(=O)CCCCC/C=C\C/C=C\C/C=C\CC. The molecule has 306 valence electrons. The number of rotatable bonds is 37. The second-order valence-corrected chi connectivity index (χ2v) is 14.0. The standard InChI is InChI=1S/C47H78N2O5/c1-3-5-7-9-11-13-15-17-18-20-21-23-25-28-32-37-43(38-33-29-27-30-34-40-45(50)49-44(47(52)53)39-36-42-48)54-46(51)41-35-31-26-24-22-19-16-14-12-10-8-6-4-2/h5-8,11-14,17-19,21-23,43-44H,3-4,9-10,15-16,20,24-42,48H2,1-2H3,(H,49,50)(H,52,53)/b7-5-,8-6-,13-11-,14-12-,18-17-,22-19-,23-21-. The molecule has 2 unspecified atom stereocenters. The van der Waals surface area contributed by atoms with Crippen LogP contribution in [0.5, 0.6) is 0 Å². The van der Waals surface area contributed by atoms with E-state index in [0.717, 1.165) is 135 Å². The summed E-state index contributed by atoms with van der Waals surface area (Å²) >= 11 is 0. The molecule has 7 nitrogen and oxygen atoms in total. The van der Waals surface area contributed by atoms with Crippen molar-refractivity contribution in [3.8, 4) is 0 Å². The Balaban J connectivity index is 4.51. The van der Waals surface area contributed by atoms with E-state index in [1.54, 1.807) is 0 Å². The maximum atomic E-state index is 12.8. The molecule has 4 N–H and O–H groups in total. The Labute approximate surface area is 330 Å². The Morgan fingerprint density at radius 3 is 1.48 bits per heavy atom. The highest BCUT2D eigenvalue weighted by Gasteiger charge is 2.19. The van der Waals surface area contributed by atoms with Crippen LogP contribution >= 0.6 is 0 Å². The van der Waals surface area contributed by atoms with E-state index in [9.17, 15) is 19.5 Å². The third-order valence-electron chi connectivity index (χ3n) is 8.96. The monoisotopic (exact) mass is 751 g/mol. The molecule has 2 atom stereocenters. The maximum absolute atomic E-state index is 12.8. The zero-order valence-corrected chi connectivity index (χ0v) is 34.3. The van der Waals surface area contributed by atoms with Gasteiger partial charge < -0.3 is 20.9 Å². The van der Waals surface area contributed by atoms with Gasteiger partial charge in [-0.15, -0.1) is 0 Å². The van der Waals surface area contributed by atoms with Crippen LogP contribution < -0.4 is 11.1 Å². The number of hydrogen-bond donors (Lipinski definition) is 3. The Kier molecular flexibility index (Phi) is 38.1. The molecule has 0 aliphatic rings. The van der Waals surface area contributed by atoms with Gasteiger partial charge in [0.05, 0.1) is 0 Å². The van der Waals surface area contributed by atoms with E-state index in [2.05, 4.69) is 104 Å². The van der Waals surface area contributed by atoms with Gasteiger partial charge in [-0.25, -0.2) is 4.79 Å². The number of nitrogens with one attached hydrogen (secondary N) is 1. The molecule has 0 fully saturated rings. The van der Waals surface area contributed by atoms with Crippen LogP contribution in [-0.2, 0) is 19.1 Å². The smallest absolute Gasteiger partial charge is 0.326 e. The molecule has 0 aromatic heterocycles. The largest absolute Gasteiger partial charge is 0.480 e. The number of carboxylic acids is 1. The average Bonchev–Trinajstić information content (AvgIpc) is 3.16. The van der Waals surface area contributed by atoms with Gasteiger partial charge in [0.25, 0.3) is 0 Å². The first-order valence-corrected chi connectivity index (χ1v) is 21.4. The predicted octanol–water partition coefficient (Wildman–Crippen LogP) is 12.1. The fourth-order valence-corrected chi connectivity index (χ4v) is 5.81. The first kappa shape index (κ1) is 50.5. The van der Waals surface area contributed by atoms with Gasteiger partial charge in [0.15, 0.2) is 0 Å². The minimum absolute atomic E-state index is 0.0457. The highest BCUT2D eigenvalue weighted by atomic mass is 16.5. The van der Waals surface area contributed by atoms with E-state index in [1.165, 1.54) is 0 Å². The van der Waals surface area contributed by atoms with Gasteiger partial charge in [-0.05, 0) is 129 Å². The number of allylic oxidation sites excluding steroid dienone is 14. The molecular weight excluding hydrogens is 673 g/mol. The third kappa shape index (κ3) is 36.9. The summed E-state index contributed by atoms with van der Waals surface area (Å²) in [4.78, 5) is 36.4. The van der Waals surface area contributed by atoms with Gasteiger partial charge in [-0.2, -0.15) is 0 Å². The summed E-state index contributed by atoms with van der Waals surface area (Å²) in [6.07, 6.45) is 53.4. The molecule has 7 heteroatoms. The summed E-state index contributed by atoms with van der Waals surface area (Å²) < 4.78 is 6.01. The Morgan fingerprint density at radius 2 is 0.963 bits per heavy atom. The highest BCUT2D eigenvalue weighted by molar-refractivity contribution is 5.83. The molecule has 0 aliphatic carbocycles. The van der Waals surface area contributed by atoms with Crippen molar-refractivity contribution in [3.05, 3.63) is 85.1 Å². The maximum Gasteiger partial charge on any atom is 0.326 e. The molecule has 0 saturated carbocycles. The molecule has 0 aliphatic heterocycles. The Bertz CT molecular complexity index is 1120. The summed E-state index contributed by atoms with van der Waals surface area (Å²) in [6, 6.07) is -0.868. The molecule has 0 aromatic carbocycles. The van der Waals surface area contributed by atoms with E-state index >= 15 is 0 Å². The van der Waals surface area contributed by atoms with Crippen molar-refractivity contribution in [2.24, 2.45) is 5.73 Å². The van der Waals surface area contributed by atoms with Gasteiger partial charge in [-0.1, -0.05) is 125 Å². The van der Waals surface area contributed by atoms with Crippen LogP contribution in [0, 0.1) is 0 Å². The minimum Gasteiger partial charge on any atom is -0.480 e. The zero-order valence-electron chi connectivity index (χ0n) is 34.3. The van der Waals surface area contributed by atoms with Crippen LogP contribution in [-0.4, -0.2) is 41.6 Å². The van der Waals surface area contributed by atoms with Gasteiger partial charge in [0.2, 0.25) is 5.91 Å². The summed E-state index contributed by atoms with van der Waals surface area (Å²) in [6.45, 7) is 4.70. The first-order valence-electron chi connectivity index (χ1n) is 21.4. The van der Waals surface area contributed by atoms with Crippen LogP contribution in [0.1, 0.15) is 174 Å². The number of unbranched alkanes of at least 4 members (excludes halogenated alkanes) is 9. The summed E-state index contributed by atoms with van der Waals surface area (Å²) in [5.74, 6) is -1.30. The molecule has 0 aromatic rings. The lowest BCUT2D eigenvalue weighted by molar-refractivity contribution is -0.150. The van der Waals surface area contributed by atoms with Crippen molar-refractivity contribution in [2.75, 3.05) is 6.54 Å². The second kappa shape index (κ2) is 40.7. The lowest BCUT2D eigenvalue weighted by Gasteiger charge is -2.18. The molecule has 1 amide bonds. The lowest BCUT2D eigenvalue weighted by atomic mass is 10.0. The van der Waals surface area contributed by atoms with Crippen LogP contribution in [0.4, 0.5) is 0 Å². The number of carbonyl (C=O) groups is 3. The number of carbonyl (C=O) groups excluding carboxylic acids is 2. The Hall–Kier alpha value is -3.45. The van der Waals surface area contributed by atoms with Gasteiger partial charge >= 0.3 is 11.9 Å². The number of carboxylic acid groups (broad SMARTS) is 1. The Morgan fingerprint density at radius 1 is 0.537 bits per heavy atom. The first-order chi connectivity index (χ1) is 26.4. The van der Waals surface area contributed by atoms with E-state index in [4.69, 9.17) is 10.5 Å². The molecular formula is C47H78N2O5. The molecule has 0 bridgehead atoms. The van der Waals surface area contributed by atoms with E-state index < -0.39 is 12.0 Å². The van der Waals surface area contributed by atoms with Gasteiger partial charge in [0, 0.05) is 12.8 Å².